The van der Waals surface area contributed by atoms with E-state index in [1.54, 1.807) is 0 Å². The highest BCUT2D eigenvalue weighted by molar-refractivity contribution is 6.06. The summed E-state index contributed by atoms with van der Waals surface area (Å²) >= 11 is 0. The van der Waals surface area contributed by atoms with E-state index in [0.29, 0.717) is 5.82 Å². The summed E-state index contributed by atoms with van der Waals surface area (Å²) in [4.78, 5) is 10.2. The standard InChI is InChI=1S/C44H28N2O/c1-3-13-30(14-4-1)40-28-41(46-44(45-40)31-15-5-2-6-16-31)35-25-33(24-34(26-35)37-20-11-17-29-12-7-8-18-36(29)37)32-22-23-43-39(27-32)38-19-9-10-21-42(38)47-43/h1-28H. The molecule has 0 N–H and O–H groups in total. The van der Waals surface area contributed by atoms with Gasteiger partial charge in [0.15, 0.2) is 5.82 Å². The zero-order valence-electron chi connectivity index (χ0n) is 25.5. The van der Waals surface area contributed by atoms with Crippen molar-refractivity contribution in [2.45, 2.75) is 0 Å². The fraction of sp³-hybridized carbons (Fsp3) is 0. The lowest BCUT2D eigenvalue weighted by atomic mass is 9.91. The van der Waals surface area contributed by atoms with Gasteiger partial charge in [-0.1, -0.05) is 127 Å². The number of hydrogen-bond donors (Lipinski definition) is 0. The number of rotatable bonds is 5. The molecule has 0 unspecified atom stereocenters. The molecule has 0 spiro atoms. The zero-order valence-corrected chi connectivity index (χ0v) is 25.5. The van der Waals surface area contributed by atoms with Crippen molar-refractivity contribution in [2.75, 3.05) is 0 Å². The van der Waals surface area contributed by atoms with Crippen molar-refractivity contribution in [1.29, 1.82) is 0 Å². The molecule has 3 heteroatoms. The van der Waals surface area contributed by atoms with Crippen molar-refractivity contribution >= 4 is 32.7 Å². The largest absolute Gasteiger partial charge is 0.456 e. The van der Waals surface area contributed by atoms with Gasteiger partial charge in [0, 0.05) is 27.5 Å². The first-order valence-corrected chi connectivity index (χ1v) is 15.8. The SMILES string of the molecule is c1ccc(-c2cc(-c3cc(-c4ccc5oc6ccccc6c5c4)cc(-c4cccc5ccccc45)c3)nc(-c3ccccc3)n2)cc1. The van der Waals surface area contributed by atoms with Crippen LogP contribution in [0.5, 0.6) is 0 Å². The Morgan fingerprint density at radius 2 is 0.957 bits per heavy atom. The highest BCUT2D eigenvalue weighted by atomic mass is 16.3. The molecule has 0 aliphatic carbocycles. The van der Waals surface area contributed by atoms with Gasteiger partial charge in [0.25, 0.3) is 0 Å². The molecule has 0 radical (unpaired) electrons. The maximum absolute atomic E-state index is 6.17. The third-order valence-corrected chi connectivity index (χ3v) is 8.87. The Kier molecular flexibility index (Phi) is 6.46. The van der Waals surface area contributed by atoms with E-state index in [9.17, 15) is 0 Å². The van der Waals surface area contributed by atoms with Crippen molar-refractivity contribution in [3.63, 3.8) is 0 Å². The van der Waals surface area contributed by atoms with Crippen LogP contribution in [-0.4, -0.2) is 9.97 Å². The van der Waals surface area contributed by atoms with Crippen LogP contribution in [0, 0.1) is 0 Å². The van der Waals surface area contributed by atoms with E-state index in [2.05, 4.69) is 121 Å². The smallest absolute Gasteiger partial charge is 0.160 e. The Labute approximate surface area is 272 Å². The Bertz CT molecular complexity index is 2500. The third-order valence-electron chi connectivity index (χ3n) is 8.87. The molecule has 0 fully saturated rings. The van der Waals surface area contributed by atoms with Gasteiger partial charge in [-0.2, -0.15) is 0 Å². The molecule has 7 aromatic carbocycles. The highest BCUT2D eigenvalue weighted by Crippen LogP contribution is 2.39. The van der Waals surface area contributed by atoms with Gasteiger partial charge in [0.1, 0.15) is 11.2 Å². The molecular formula is C44H28N2O. The molecule has 0 atom stereocenters. The summed E-state index contributed by atoms with van der Waals surface area (Å²) in [7, 11) is 0. The summed E-state index contributed by atoms with van der Waals surface area (Å²) in [5.74, 6) is 0.699. The number of nitrogens with zero attached hydrogens (tertiary/aromatic N) is 2. The van der Waals surface area contributed by atoms with E-state index in [4.69, 9.17) is 14.4 Å². The summed E-state index contributed by atoms with van der Waals surface area (Å²) in [6.07, 6.45) is 0. The van der Waals surface area contributed by atoms with Crippen LogP contribution < -0.4 is 0 Å². The average Bonchev–Trinajstić information content (AvgIpc) is 3.53. The van der Waals surface area contributed by atoms with Crippen molar-refractivity contribution in [1.82, 2.24) is 9.97 Å². The molecule has 0 aliphatic rings. The fourth-order valence-electron chi connectivity index (χ4n) is 6.55. The summed E-state index contributed by atoms with van der Waals surface area (Å²) in [5.41, 5.74) is 11.1. The number of benzene rings is 7. The van der Waals surface area contributed by atoms with Crippen molar-refractivity contribution in [2.24, 2.45) is 0 Å². The van der Waals surface area contributed by atoms with Crippen molar-refractivity contribution in [3.05, 3.63) is 170 Å². The van der Waals surface area contributed by atoms with Crippen LogP contribution >= 0.6 is 0 Å². The van der Waals surface area contributed by atoms with E-state index >= 15 is 0 Å². The van der Waals surface area contributed by atoms with E-state index in [-0.39, 0.29) is 0 Å². The molecule has 2 aromatic heterocycles. The van der Waals surface area contributed by atoms with Gasteiger partial charge in [-0.15, -0.1) is 0 Å². The lowest BCUT2D eigenvalue weighted by molar-refractivity contribution is 0.669. The molecule has 0 bridgehead atoms. The van der Waals surface area contributed by atoms with Gasteiger partial charge in [-0.05, 0) is 75.5 Å². The van der Waals surface area contributed by atoms with Crippen LogP contribution in [0.2, 0.25) is 0 Å². The first-order valence-electron chi connectivity index (χ1n) is 15.8. The summed E-state index contributed by atoms with van der Waals surface area (Å²) < 4.78 is 6.17. The van der Waals surface area contributed by atoms with E-state index < -0.39 is 0 Å². The van der Waals surface area contributed by atoms with Crippen LogP contribution in [0.1, 0.15) is 0 Å². The lowest BCUT2D eigenvalue weighted by Crippen LogP contribution is -1.96. The van der Waals surface area contributed by atoms with Crippen LogP contribution in [0.4, 0.5) is 0 Å². The Morgan fingerprint density at radius 3 is 1.79 bits per heavy atom. The second kappa shape index (κ2) is 11.2. The van der Waals surface area contributed by atoms with E-state index in [1.165, 1.54) is 16.3 Å². The minimum Gasteiger partial charge on any atom is -0.456 e. The Balaban J connectivity index is 1.30. The van der Waals surface area contributed by atoms with E-state index in [0.717, 1.165) is 66.7 Å². The van der Waals surface area contributed by atoms with Gasteiger partial charge in [0.05, 0.1) is 11.4 Å². The molecule has 3 nitrogen and oxygen atoms in total. The molecule has 0 saturated carbocycles. The van der Waals surface area contributed by atoms with Gasteiger partial charge >= 0.3 is 0 Å². The molecule has 220 valence electrons. The normalized spacial score (nSPS) is 11.4. The zero-order chi connectivity index (χ0) is 31.2. The molecule has 9 aromatic rings. The lowest BCUT2D eigenvalue weighted by Gasteiger charge is -2.14. The number of para-hydroxylation sites is 1. The Hall–Kier alpha value is -6.32. The van der Waals surface area contributed by atoms with Crippen LogP contribution in [0.3, 0.4) is 0 Å². The molecule has 47 heavy (non-hydrogen) atoms. The topological polar surface area (TPSA) is 38.9 Å². The Morgan fingerprint density at radius 1 is 0.340 bits per heavy atom. The predicted octanol–water partition coefficient (Wildman–Crippen LogP) is 11.9. The van der Waals surface area contributed by atoms with Crippen LogP contribution in [0.25, 0.3) is 88.9 Å². The van der Waals surface area contributed by atoms with Gasteiger partial charge in [0.2, 0.25) is 0 Å². The molecule has 0 aliphatic heterocycles. The highest BCUT2D eigenvalue weighted by Gasteiger charge is 2.15. The number of furan rings is 1. The number of aromatic nitrogens is 2. The quantitative estimate of drug-likeness (QED) is 0.197. The second-order valence-electron chi connectivity index (χ2n) is 11.8. The molecular weight excluding hydrogens is 572 g/mol. The number of fused-ring (bicyclic) bond motifs is 4. The fourth-order valence-corrected chi connectivity index (χ4v) is 6.55. The van der Waals surface area contributed by atoms with Crippen molar-refractivity contribution in [3.8, 4) is 56.2 Å². The molecule has 2 heterocycles. The number of hydrogen-bond acceptors (Lipinski definition) is 3. The maximum atomic E-state index is 6.17. The minimum atomic E-state index is 0.699. The summed E-state index contributed by atoms with van der Waals surface area (Å²) in [6.45, 7) is 0. The second-order valence-corrected chi connectivity index (χ2v) is 11.8. The monoisotopic (exact) mass is 600 g/mol. The van der Waals surface area contributed by atoms with Gasteiger partial charge in [-0.3, -0.25) is 0 Å². The van der Waals surface area contributed by atoms with Gasteiger partial charge in [-0.25, -0.2) is 9.97 Å². The maximum Gasteiger partial charge on any atom is 0.160 e. The molecule has 0 saturated heterocycles. The van der Waals surface area contributed by atoms with Crippen LogP contribution in [-0.2, 0) is 0 Å². The summed E-state index contributed by atoms with van der Waals surface area (Å²) in [6, 6.07) is 59.3. The molecule has 9 rings (SSSR count). The van der Waals surface area contributed by atoms with Crippen molar-refractivity contribution < 1.29 is 4.42 Å². The van der Waals surface area contributed by atoms with E-state index in [1.807, 2.05) is 48.5 Å². The average molecular weight is 601 g/mol. The predicted molar refractivity (Wildman–Crippen MR) is 194 cm³/mol. The minimum absolute atomic E-state index is 0.699. The first-order chi connectivity index (χ1) is 23.3. The van der Waals surface area contributed by atoms with Crippen LogP contribution in [0.15, 0.2) is 174 Å². The van der Waals surface area contributed by atoms with Gasteiger partial charge < -0.3 is 4.42 Å². The molecule has 0 amide bonds. The first kappa shape index (κ1) is 27.0. The summed E-state index contributed by atoms with van der Waals surface area (Å²) in [5, 5.41) is 4.65. The third kappa shape index (κ3) is 4.95.